The van der Waals surface area contributed by atoms with Gasteiger partial charge in [-0.3, -0.25) is 5.73 Å². The van der Waals surface area contributed by atoms with Crippen LogP contribution < -0.4 is 27.4 Å². The molecule has 2 N–H and O–H groups in total. The highest BCUT2D eigenvalue weighted by Gasteiger charge is 2.17. The molecule has 1 aromatic heterocycles. The highest BCUT2D eigenvalue weighted by molar-refractivity contribution is 5.73. The summed E-state index contributed by atoms with van der Waals surface area (Å²) < 4.78 is 9.89. The number of benzene rings is 2. The summed E-state index contributed by atoms with van der Waals surface area (Å²) in [6.45, 7) is 1.53. The molecule has 0 aliphatic carbocycles. The number of imidazole rings is 1. The number of nitrogens with zero attached hydrogens (tertiary/aromatic N) is 2. The maximum atomic E-state index is 6.19. The lowest BCUT2D eigenvalue weighted by Crippen LogP contribution is -3.00. The number of nitrogen functional groups attached to an aromatic ring is 1. The summed E-state index contributed by atoms with van der Waals surface area (Å²) >= 11 is 0. The first kappa shape index (κ1) is 16.2. The van der Waals surface area contributed by atoms with Crippen molar-refractivity contribution < 1.29 is 21.7 Å². The third-order valence-electron chi connectivity index (χ3n) is 3.69. The van der Waals surface area contributed by atoms with Gasteiger partial charge in [-0.25, -0.2) is 9.13 Å². The fraction of sp³-hybridized carbons (Fsp3) is 0.235. The molecule has 4 nitrogen and oxygen atoms in total. The molecule has 0 saturated heterocycles. The standard InChI is InChI=1S/C17H19N3O.ClH/c1-19-15-10-5-6-11-16(15)20(17(19)18)12-7-13-21-14-8-3-2-4-9-14;/h2-6,8-11,18H,7,12-13H2,1H3;1H. The van der Waals surface area contributed by atoms with Crippen molar-refractivity contribution in [2.75, 3.05) is 12.3 Å². The molecule has 0 unspecified atom stereocenters. The summed E-state index contributed by atoms with van der Waals surface area (Å²) in [6.07, 6.45) is 0.914. The number of nitrogens with two attached hydrogens (primary N) is 1. The van der Waals surface area contributed by atoms with Crippen LogP contribution in [0.3, 0.4) is 0 Å². The molecule has 3 rings (SSSR count). The Hall–Kier alpha value is -2.20. The lowest BCUT2D eigenvalue weighted by Gasteiger charge is -2.05. The number of para-hydroxylation sites is 3. The lowest BCUT2D eigenvalue weighted by molar-refractivity contribution is -0.630. The molecule has 0 fully saturated rings. The first-order chi connectivity index (χ1) is 10.3. The van der Waals surface area contributed by atoms with Crippen LogP contribution in [0.25, 0.3) is 11.0 Å². The molecular weight excluding hydrogens is 298 g/mol. The van der Waals surface area contributed by atoms with Gasteiger partial charge < -0.3 is 17.1 Å². The molecule has 0 radical (unpaired) electrons. The zero-order valence-corrected chi connectivity index (χ0v) is 13.3. The van der Waals surface area contributed by atoms with Gasteiger partial charge in [-0.2, -0.15) is 0 Å². The van der Waals surface area contributed by atoms with E-state index in [0.29, 0.717) is 6.61 Å². The second-order valence-electron chi connectivity index (χ2n) is 5.07. The smallest absolute Gasteiger partial charge is 0.355 e. The van der Waals surface area contributed by atoms with Crippen LogP contribution in [0.1, 0.15) is 6.42 Å². The molecule has 0 atom stereocenters. The quantitative estimate of drug-likeness (QED) is 0.510. The van der Waals surface area contributed by atoms with E-state index in [1.54, 1.807) is 0 Å². The largest absolute Gasteiger partial charge is 1.00 e. The number of halogens is 1. The van der Waals surface area contributed by atoms with E-state index in [4.69, 9.17) is 10.5 Å². The van der Waals surface area contributed by atoms with E-state index in [0.717, 1.165) is 35.7 Å². The maximum absolute atomic E-state index is 6.19. The SMILES string of the molecule is C[n+]1c(N)n(CCCOc2ccccc2)c2ccccc21.[Cl-]. The molecule has 0 aliphatic heterocycles. The minimum Gasteiger partial charge on any atom is -1.00 e. The van der Waals surface area contributed by atoms with Gasteiger partial charge in [0.2, 0.25) is 0 Å². The topological polar surface area (TPSA) is 44.1 Å². The molecular formula is C17H20ClN3O. The van der Waals surface area contributed by atoms with Gasteiger partial charge in [0.25, 0.3) is 0 Å². The minimum absolute atomic E-state index is 0. The van der Waals surface area contributed by atoms with Crippen molar-refractivity contribution in [1.29, 1.82) is 0 Å². The van der Waals surface area contributed by atoms with E-state index in [-0.39, 0.29) is 12.4 Å². The molecule has 22 heavy (non-hydrogen) atoms. The Balaban J connectivity index is 0.00000176. The van der Waals surface area contributed by atoms with Gasteiger partial charge in [0.15, 0.2) is 0 Å². The number of rotatable bonds is 5. The Morgan fingerprint density at radius 1 is 1.05 bits per heavy atom. The number of fused-ring (bicyclic) bond motifs is 1. The van der Waals surface area contributed by atoms with Crippen molar-refractivity contribution in [3.05, 3.63) is 54.6 Å². The van der Waals surface area contributed by atoms with Crippen molar-refractivity contribution in [3.8, 4) is 5.75 Å². The van der Waals surface area contributed by atoms with Gasteiger partial charge >= 0.3 is 5.95 Å². The van der Waals surface area contributed by atoms with Crippen molar-refractivity contribution in [2.45, 2.75) is 13.0 Å². The zero-order valence-electron chi connectivity index (χ0n) is 12.6. The van der Waals surface area contributed by atoms with Crippen LogP contribution in [0, 0.1) is 0 Å². The number of aromatic nitrogens is 2. The summed E-state index contributed by atoms with van der Waals surface area (Å²) in [5.74, 6) is 1.68. The fourth-order valence-corrected chi connectivity index (χ4v) is 2.57. The van der Waals surface area contributed by atoms with E-state index in [1.165, 1.54) is 0 Å². The third kappa shape index (κ3) is 3.17. The Labute approximate surface area is 136 Å². The highest BCUT2D eigenvalue weighted by Crippen LogP contribution is 2.16. The molecule has 0 amide bonds. The number of anilines is 1. The van der Waals surface area contributed by atoms with Crippen LogP contribution in [0.5, 0.6) is 5.75 Å². The molecule has 0 saturated carbocycles. The van der Waals surface area contributed by atoms with E-state index in [9.17, 15) is 0 Å². The Morgan fingerprint density at radius 3 is 2.50 bits per heavy atom. The van der Waals surface area contributed by atoms with E-state index in [2.05, 4.69) is 16.7 Å². The Kier molecular flexibility index (Phi) is 5.28. The van der Waals surface area contributed by atoms with E-state index in [1.807, 2.05) is 54.1 Å². The second-order valence-corrected chi connectivity index (χ2v) is 5.07. The second kappa shape index (κ2) is 7.18. The average Bonchev–Trinajstić information content (AvgIpc) is 2.77. The van der Waals surface area contributed by atoms with Gasteiger partial charge in [0.05, 0.1) is 20.2 Å². The maximum Gasteiger partial charge on any atom is 0.355 e. The van der Waals surface area contributed by atoms with E-state index < -0.39 is 0 Å². The first-order valence-electron chi connectivity index (χ1n) is 7.18. The molecule has 0 spiro atoms. The summed E-state index contributed by atoms with van der Waals surface area (Å²) in [5, 5.41) is 0. The predicted octanol–water partition coefficient (Wildman–Crippen LogP) is -0.479. The van der Waals surface area contributed by atoms with Crippen molar-refractivity contribution in [3.63, 3.8) is 0 Å². The zero-order chi connectivity index (χ0) is 14.7. The van der Waals surface area contributed by atoms with Gasteiger partial charge in [0.1, 0.15) is 16.8 Å². The molecule has 5 heteroatoms. The molecule has 2 aromatic carbocycles. The molecule has 1 heterocycles. The predicted molar refractivity (Wildman–Crippen MR) is 84.1 cm³/mol. The average molecular weight is 318 g/mol. The number of aryl methyl sites for hydroxylation is 2. The fourth-order valence-electron chi connectivity index (χ4n) is 2.57. The van der Waals surface area contributed by atoms with Gasteiger partial charge in [-0.15, -0.1) is 0 Å². The van der Waals surface area contributed by atoms with Crippen molar-refractivity contribution >= 4 is 17.0 Å². The van der Waals surface area contributed by atoms with Crippen LogP contribution in [-0.4, -0.2) is 11.2 Å². The van der Waals surface area contributed by atoms with Crippen molar-refractivity contribution in [2.24, 2.45) is 7.05 Å². The third-order valence-corrected chi connectivity index (χ3v) is 3.69. The Bertz CT molecular complexity index is 740. The normalized spacial score (nSPS) is 10.4. The molecule has 116 valence electrons. The summed E-state index contributed by atoms with van der Waals surface area (Å²) in [4.78, 5) is 0. The minimum atomic E-state index is 0. The molecule has 3 aromatic rings. The van der Waals surface area contributed by atoms with Crippen LogP contribution in [-0.2, 0) is 13.6 Å². The van der Waals surface area contributed by atoms with Gasteiger partial charge in [-0.1, -0.05) is 30.3 Å². The van der Waals surface area contributed by atoms with E-state index >= 15 is 0 Å². The number of hydrogen-bond acceptors (Lipinski definition) is 2. The van der Waals surface area contributed by atoms with Crippen LogP contribution in [0.4, 0.5) is 5.95 Å². The van der Waals surface area contributed by atoms with Crippen LogP contribution in [0.2, 0.25) is 0 Å². The summed E-state index contributed by atoms with van der Waals surface area (Å²) in [6, 6.07) is 18.1. The monoisotopic (exact) mass is 317 g/mol. The van der Waals surface area contributed by atoms with Crippen LogP contribution in [0.15, 0.2) is 54.6 Å². The van der Waals surface area contributed by atoms with Gasteiger partial charge in [0, 0.05) is 6.42 Å². The molecule has 0 bridgehead atoms. The lowest BCUT2D eigenvalue weighted by atomic mass is 10.3. The van der Waals surface area contributed by atoms with Crippen LogP contribution >= 0.6 is 0 Å². The summed E-state index contributed by atoms with van der Waals surface area (Å²) in [7, 11) is 1.99. The summed E-state index contributed by atoms with van der Waals surface area (Å²) in [5.41, 5.74) is 8.51. The Morgan fingerprint density at radius 2 is 1.73 bits per heavy atom. The number of hydrogen-bond donors (Lipinski definition) is 1. The van der Waals surface area contributed by atoms with Crippen molar-refractivity contribution in [1.82, 2.24) is 4.57 Å². The number of ether oxygens (including phenoxy) is 1. The molecule has 0 aliphatic rings. The first-order valence-corrected chi connectivity index (χ1v) is 7.18. The van der Waals surface area contributed by atoms with Gasteiger partial charge in [-0.05, 0) is 24.3 Å². The highest BCUT2D eigenvalue weighted by atomic mass is 35.5.